The Morgan fingerprint density at radius 2 is 1.81 bits per heavy atom. The van der Waals surface area contributed by atoms with Gasteiger partial charge in [-0.3, -0.25) is 9.10 Å². The first kappa shape index (κ1) is 20.0. The van der Waals surface area contributed by atoms with Crippen molar-refractivity contribution in [1.29, 1.82) is 0 Å². The van der Waals surface area contributed by atoms with Crippen LogP contribution in [0.2, 0.25) is 5.02 Å². The second-order valence-corrected chi connectivity index (χ2v) is 8.10. The van der Waals surface area contributed by atoms with Gasteiger partial charge in [-0.15, -0.1) is 0 Å². The molecule has 0 bridgehead atoms. The fourth-order valence-corrected chi connectivity index (χ4v) is 4.40. The predicted molar refractivity (Wildman–Crippen MR) is 106 cm³/mol. The monoisotopic (exact) mass is 392 g/mol. The standard InChI is InChI=1S/C19H21ClN2O3S/c1-4-22(16-8-6-5-7-9-16)26(24,25)18-13-15(10-11-17(18)20)21-19(23)12-14(2)3/h5-13H,4H2,1-3H3,(H,21,23). The topological polar surface area (TPSA) is 66.5 Å². The van der Waals surface area contributed by atoms with E-state index in [4.69, 9.17) is 11.6 Å². The van der Waals surface area contributed by atoms with Crippen molar-refractivity contribution in [3.8, 4) is 0 Å². The molecule has 5 nitrogen and oxygen atoms in total. The smallest absolute Gasteiger partial charge is 0.265 e. The third kappa shape index (κ3) is 4.65. The average molecular weight is 393 g/mol. The van der Waals surface area contributed by atoms with Gasteiger partial charge in [0, 0.05) is 18.3 Å². The van der Waals surface area contributed by atoms with Gasteiger partial charge in [0.15, 0.2) is 0 Å². The second kappa shape index (κ2) is 8.38. The second-order valence-electron chi connectivity index (χ2n) is 5.86. The SMILES string of the molecule is CCN(c1ccccc1)S(=O)(=O)c1cc(NC(=O)C=C(C)C)ccc1Cl. The zero-order chi connectivity index (χ0) is 19.3. The van der Waals surface area contributed by atoms with Crippen molar-refractivity contribution in [2.75, 3.05) is 16.2 Å². The number of amides is 1. The number of nitrogens with zero attached hydrogens (tertiary/aromatic N) is 1. The van der Waals surface area contributed by atoms with E-state index in [1.54, 1.807) is 51.1 Å². The maximum atomic E-state index is 13.1. The molecule has 0 fully saturated rings. The first-order valence-corrected chi connectivity index (χ1v) is 9.90. The van der Waals surface area contributed by atoms with Crippen molar-refractivity contribution in [2.24, 2.45) is 0 Å². The maximum Gasteiger partial charge on any atom is 0.265 e. The van der Waals surface area contributed by atoms with Gasteiger partial charge in [0.05, 0.1) is 10.7 Å². The van der Waals surface area contributed by atoms with Crippen LogP contribution in [0.1, 0.15) is 20.8 Å². The summed E-state index contributed by atoms with van der Waals surface area (Å²) in [4.78, 5) is 11.8. The van der Waals surface area contributed by atoms with Crippen LogP contribution in [0.5, 0.6) is 0 Å². The molecule has 0 aliphatic rings. The molecule has 0 spiro atoms. The van der Waals surface area contributed by atoms with Crippen LogP contribution in [0.4, 0.5) is 11.4 Å². The molecular weight excluding hydrogens is 372 g/mol. The molecule has 2 rings (SSSR count). The zero-order valence-corrected chi connectivity index (χ0v) is 16.4. The number of benzene rings is 2. The van der Waals surface area contributed by atoms with Crippen LogP contribution in [0, 0.1) is 0 Å². The number of carbonyl (C=O) groups is 1. The molecule has 26 heavy (non-hydrogen) atoms. The maximum absolute atomic E-state index is 13.1. The molecule has 1 N–H and O–H groups in total. The van der Waals surface area contributed by atoms with Crippen LogP contribution in [-0.2, 0) is 14.8 Å². The number of hydrogen-bond donors (Lipinski definition) is 1. The number of allylic oxidation sites excluding steroid dienone is 1. The van der Waals surface area contributed by atoms with E-state index < -0.39 is 10.0 Å². The van der Waals surface area contributed by atoms with Gasteiger partial charge in [0.2, 0.25) is 5.91 Å². The van der Waals surface area contributed by atoms with Crippen molar-refractivity contribution >= 4 is 38.9 Å². The van der Waals surface area contributed by atoms with Crippen LogP contribution < -0.4 is 9.62 Å². The summed E-state index contributed by atoms with van der Waals surface area (Å²) in [6, 6.07) is 13.2. The molecule has 0 heterocycles. The third-order valence-corrected chi connectivity index (χ3v) is 5.90. The summed E-state index contributed by atoms with van der Waals surface area (Å²) < 4.78 is 27.5. The predicted octanol–water partition coefficient (Wildman–Crippen LogP) is 4.46. The molecule has 0 saturated heterocycles. The van der Waals surface area contributed by atoms with E-state index in [9.17, 15) is 13.2 Å². The Kier molecular flexibility index (Phi) is 6.45. The van der Waals surface area contributed by atoms with E-state index in [2.05, 4.69) is 5.32 Å². The normalized spacial score (nSPS) is 10.9. The minimum atomic E-state index is -3.88. The van der Waals surface area contributed by atoms with Crippen molar-refractivity contribution in [1.82, 2.24) is 0 Å². The highest BCUT2D eigenvalue weighted by Crippen LogP contribution is 2.30. The number of sulfonamides is 1. The lowest BCUT2D eigenvalue weighted by Gasteiger charge is -2.23. The van der Waals surface area contributed by atoms with E-state index in [0.717, 1.165) is 5.57 Å². The molecule has 0 aliphatic carbocycles. The molecule has 7 heteroatoms. The third-order valence-electron chi connectivity index (χ3n) is 3.52. The summed E-state index contributed by atoms with van der Waals surface area (Å²) in [5, 5.41) is 2.75. The first-order valence-electron chi connectivity index (χ1n) is 8.09. The number of halogens is 1. The van der Waals surface area contributed by atoms with Crippen molar-refractivity contribution in [2.45, 2.75) is 25.7 Å². The molecule has 0 radical (unpaired) electrons. The molecule has 1 amide bonds. The van der Waals surface area contributed by atoms with Crippen LogP contribution in [-0.4, -0.2) is 20.9 Å². The van der Waals surface area contributed by atoms with Gasteiger partial charge in [-0.1, -0.05) is 35.4 Å². The fraction of sp³-hybridized carbons (Fsp3) is 0.211. The quantitative estimate of drug-likeness (QED) is 0.738. The zero-order valence-electron chi connectivity index (χ0n) is 14.9. The number of anilines is 2. The highest BCUT2D eigenvalue weighted by molar-refractivity contribution is 7.93. The Morgan fingerprint density at radius 1 is 1.15 bits per heavy atom. The summed E-state index contributed by atoms with van der Waals surface area (Å²) in [5.41, 5.74) is 1.75. The highest BCUT2D eigenvalue weighted by Gasteiger charge is 2.26. The fourth-order valence-electron chi connectivity index (χ4n) is 2.42. The molecular formula is C19H21ClN2O3S. The molecule has 0 aromatic heterocycles. The van der Waals surface area contributed by atoms with Gasteiger partial charge in [0.1, 0.15) is 4.90 Å². The van der Waals surface area contributed by atoms with E-state index >= 15 is 0 Å². The lowest BCUT2D eigenvalue weighted by atomic mass is 10.3. The molecule has 138 valence electrons. The Hall–Kier alpha value is -2.31. The van der Waals surface area contributed by atoms with Crippen LogP contribution in [0.3, 0.4) is 0 Å². The number of carbonyl (C=O) groups excluding carboxylic acids is 1. The highest BCUT2D eigenvalue weighted by atomic mass is 35.5. The van der Waals surface area contributed by atoms with Gasteiger partial charge in [0.25, 0.3) is 10.0 Å². The average Bonchev–Trinajstić information content (AvgIpc) is 2.57. The Labute approximate surface area is 159 Å². The summed E-state index contributed by atoms with van der Waals surface area (Å²) in [5.74, 6) is -0.328. The molecule has 0 unspecified atom stereocenters. The molecule has 0 atom stereocenters. The van der Waals surface area contributed by atoms with Gasteiger partial charge in [-0.05, 0) is 51.1 Å². The van der Waals surface area contributed by atoms with E-state index in [1.165, 1.54) is 22.5 Å². The summed E-state index contributed by atoms with van der Waals surface area (Å²) in [7, 11) is -3.88. The number of para-hydroxylation sites is 1. The Balaban J connectivity index is 2.44. The number of nitrogens with one attached hydrogen (secondary N) is 1. The largest absolute Gasteiger partial charge is 0.322 e. The molecule has 0 aliphatic heterocycles. The van der Waals surface area contributed by atoms with Gasteiger partial charge < -0.3 is 5.32 Å². The first-order chi connectivity index (χ1) is 12.3. The van der Waals surface area contributed by atoms with Crippen LogP contribution >= 0.6 is 11.6 Å². The van der Waals surface area contributed by atoms with Crippen molar-refractivity contribution in [3.05, 3.63) is 65.2 Å². The summed E-state index contributed by atoms with van der Waals surface area (Å²) >= 11 is 6.16. The van der Waals surface area contributed by atoms with E-state index in [0.29, 0.717) is 11.4 Å². The Morgan fingerprint density at radius 3 is 2.38 bits per heavy atom. The lowest BCUT2D eigenvalue weighted by Crippen LogP contribution is -2.31. The summed E-state index contributed by atoms with van der Waals surface area (Å²) in [6.07, 6.45) is 1.44. The number of hydrogen-bond acceptors (Lipinski definition) is 3. The van der Waals surface area contributed by atoms with E-state index in [-0.39, 0.29) is 22.4 Å². The van der Waals surface area contributed by atoms with Crippen molar-refractivity contribution in [3.63, 3.8) is 0 Å². The van der Waals surface area contributed by atoms with Gasteiger partial charge in [-0.25, -0.2) is 8.42 Å². The lowest BCUT2D eigenvalue weighted by molar-refractivity contribution is -0.111. The molecule has 2 aromatic rings. The number of rotatable bonds is 6. The van der Waals surface area contributed by atoms with Gasteiger partial charge >= 0.3 is 0 Å². The van der Waals surface area contributed by atoms with Gasteiger partial charge in [-0.2, -0.15) is 0 Å². The van der Waals surface area contributed by atoms with E-state index in [1.807, 2.05) is 6.07 Å². The van der Waals surface area contributed by atoms with Crippen LogP contribution in [0.15, 0.2) is 65.1 Å². The minimum Gasteiger partial charge on any atom is -0.322 e. The van der Waals surface area contributed by atoms with Crippen LogP contribution in [0.25, 0.3) is 0 Å². The molecule has 0 saturated carbocycles. The van der Waals surface area contributed by atoms with Crippen molar-refractivity contribution < 1.29 is 13.2 Å². The Bertz CT molecular complexity index is 921. The summed E-state index contributed by atoms with van der Waals surface area (Å²) in [6.45, 7) is 5.60. The molecule has 2 aromatic carbocycles. The minimum absolute atomic E-state index is 0.0557.